The molecule has 0 aromatic heterocycles. The Morgan fingerprint density at radius 2 is 1.88 bits per heavy atom. The van der Waals surface area contributed by atoms with Crippen molar-refractivity contribution in [2.45, 2.75) is 19.8 Å². The van der Waals surface area contributed by atoms with Gasteiger partial charge in [0.2, 0.25) is 5.91 Å². The quantitative estimate of drug-likeness (QED) is 0.704. The Bertz CT molecular complexity index is 746. The number of halogens is 1. The van der Waals surface area contributed by atoms with E-state index in [0.717, 1.165) is 16.9 Å². The van der Waals surface area contributed by atoms with Crippen LogP contribution in [0, 0.1) is 5.92 Å². The second-order valence-corrected chi connectivity index (χ2v) is 6.36. The van der Waals surface area contributed by atoms with Gasteiger partial charge in [-0.05, 0) is 48.7 Å². The molecule has 138 valence electrons. The Balaban J connectivity index is 1.89. The molecule has 1 atom stereocenters. The first-order valence-corrected chi connectivity index (χ1v) is 8.81. The number of amides is 1. The van der Waals surface area contributed by atoms with Crippen LogP contribution in [-0.4, -0.2) is 30.1 Å². The molecule has 0 saturated carbocycles. The first-order valence-electron chi connectivity index (χ1n) is 8.43. The van der Waals surface area contributed by atoms with Crippen LogP contribution in [0.1, 0.15) is 18.1 Å². The highest BCUT2D eigenvalue weighted by molar-refractivity contribution is 6.30. The monoisotopic (exact) mass is 375 g/mol. The van der Waals surface area contributed by atoms with Crippen LogP contribution < -0.4 is 10.1 Å². The normalized spacial score (nSPS) is 11.6. The van der Waals surface area contributed by atoms with Crippen LogP contribution in [0.15, 0.2) is 48.5 Å². The molecule has 0 fully saturated rings. The maximum atomic E-state index is 12.1. The van der Waals surface area contributed by atoms with Crippen LogP contribution in [-0.2, 0) is 22.4 Å². The van der Waals surface area contributed by atoms with E-state index in [1.54, 1.807) is 24.3 Å². The Morgan fingerprint density at radius 3 is 2.50 bits per heavy atom. The number of nitrogens with one attached hydrogen (secondary N) is 1. The third kappa shape index (κ3) is 6.41. The maximum absolute atomic E-state index is 12.1. The van der Waals surface area contributed by atoms with Crippen molar-refractivity contribution in [3.8, 4) is 5.75 Å². The Morgan fingerprint density at radius 1 is 1.15 bits per heavy atom. The van der Waals surface area contributed by atoms with Gasteiger partial charge in [0.1, 0.15) is 5.75 Å². The van der Waals surface area contributed by atoms with Crippen LogP contribution >= 0.6 is 11.6 Å². The largest absolute Gasteiger partial charge is 0.494 e. The molecule has 0 aliphatic heterocycles. The molecule has 1 unspecified atom stereocenters. The standard InChI is InChI=1S/C20H22ClNO4/c1-2-26-18-8-6-14(7-9-18)10-16(20(24)25)13-22-19(23)12-15-4-3-5-17(21)11-15/h3-9,11,16H,2,10,12-13H2,1H3,(H,22,23)(H,24,25). The molecule has 6 heteroatoms. The van der Waals surface area contributed by atoms with Gasteiger partial charge in [0, 0.05) is 11.6 Å². The van der Waals surface area contributed by atoms with Gasteiger partial charge in [0.15, 0.2) is 0 Å². The van der Waals surface area contributed by atoms with Crippen LogP contribution in [0.4, 0.5) is 0 Å². The SMILES string of the molecule is CCOc1ccc(CC(CNC(=O)Cc2cccc(Cl)c2)C(=O)O)cc1. The smallest absolute Gasteiger partial charge is 0.308 e. The molecule has 2 aromatic carbocycles. The highest BCUT2D eigenvalue weighted by Crippen LogP contribution is 2.15. The molecular formula is C20H22ClNO4. The molecule has 2 rings (SSSR count). The number of ether oxygens (including phenoxy) is 1. The van der Waals surface area contributed by atoms with Gasteiger partial charge in [-0.1, -0.05) is 35.9 Å². The van der Waals surface area contributed by atoms with E-state index in [2.05, 4.69) is 5.32 Å². The van der Waals surface area contributed by atoms with E-state index in [1.807, 2.05) is 31.2 Å². The maximum Gasteiger partial charge on any atom is 0.308 e. The highest BCUT2D eigenvalue weighted by Gasteiger charge is 2.19. The van der Waals surface area contributed by atoms with E-state index in [-0.39, 0.29) is 18.9 Å². The van der Waals surface area contributed by atoms with E-state index < -0.39 is 11.9 Å². The van der Waals surface area contributed by atoms with Crippen molar-refractivity contribution in [2.75, 3.05) is 13.2 Å². The zero-order valence-electron chi connectivity index (χ0n) is 14.6. The molecule has 1 amide bonds. The van der Waals surface area contributed by atoms with Gasteiger partial charge in [0.05, 0.1) is 18.9 Å². The lowest BCUT2D eigenvalue weighted by Crippen LogP contribution is -2.34. The van der Waals surface area contributed by atoms with Gasteiger partial charge in [-0.25, -0.2) is 0 Å². The Kier molecular flexibility index (Phi) is 7.48. The molecule has 0 heterocycles. The van der Waals surface area contributed by atoms with E-state index in [1.165, 1.54) is 0 Å². The summed E-state index contributed by atoms with van der Waals surface area (Å²) in [6.07, 6.45) is 0.495. The molecule has 0 aliphatic carbocycles. The number of rotatable bonds is 9. The van der Waals surface area contributed by atoms with Crippen molar-refractivity contribution in [3.63, 3.8) is 0 Å². The van der Waals surface area contributed by atoms with Crippen molar-refractivity contribution in [2.24, 2.45) is 5.92 Å². The Hall–Kier alpha value is -2.53. The van der Waals surface area contributed by atoms with E-state index in [4.69, 9.17) is 16.3 Å². The molecule has 2 aromatic rings. The molecule has 26 heavy (non-hydrogen) atoms. The lowest BCUT2D eigenvalue weighted by molar-refractivity contribution is -0.141. The fourth-order valence-corrected chi connectivity index (χ4v) is 2.76. The lowest BCUT2D eigenvalue weighted by Gasteiger charge is -2.14. The van der Waals surface area contributed by atoms with Gasteiger partial charge >= 0.3 is 5.97 Å². The molecular weight excluding hydrogens is 354 g/mol. The summed E-state index contributed by atoms with van der Waals surface area (Å²) in [5.74, 6) is -1.12. The van der Waals surface area contributed by atoms with Crippen molar-refractivity contribution >= 4 is 23.5 Å². The second kappa shape index (κ2) is 9.82. The summed E-state index contributed by atoms with van der Waals surface area (Å²) in [4.78, 5) is 23.6. The topological polar surface area (TPSA) is 75.6 Å². The number of carboxylic acid groups (broad SMARTS) is 1. The van der Waals surface area contributed by atoms with Gasteiger partial charge in [-0.2, -0.15) is 0 Å². The van der Waals surface area contributed by atoms with Crippen LogP contribution in [0.5, 0.6) is 5.75 Å². The molecule has 0 spiro atoms. The lowest BCUT2D eigenvalue weighted by atomic mass is 9.99. The van der Waals surface area contributed by atoms with Crippen molar-refractivity contribution in [1.82, 2.24) is 5.32 Å². The molecule has 0 bridgehead atoms. The highest BCUT2D eigenvalue weighted by atomic mass is 35.5. The van der Waals surface area contributed by atoms with Gasteiger partial charge in [-0.15, -0.1) is 0 Å². The third-order valence-corrected chi connectivity index (χ3v) is 4.10. The first-order chi connectivity index (χ1) is 12.5. The molecule has 0 radical (unpaired) electrons. The molecule has 0 saturated heterocycles. The zero-order chi connectivity index (χ0) is 18.9. The zero-order valence-corrected chi connectivity index (χ0v) is 15.3. The van der Waals surface area contributed by atoms with E-state index in [0.29, 0.717) is 18.1 Å². The summed E-state index contributed by atoms with van der Waals surface area (Å²) in [6.45, 7) is 2.55. The Labute approximate surface area is 157 Å². The average molecular weight is 376 g/mol. The van der Waals surface area contributed by atoms with Gasteiger partial charge in [0.25, 0.3) is 0 Å². The number of hydrogen-bond acceptors (Lipinski definition) is 3. The molecule has 2 N–H and O–H groups in total. The average Bonchev–Trinajstić information content (AvgIpc) is 2.60. The van der Waals surface area contributed by atoms with Crippen molar-refractivity contribution in [3.05, 3.63) is 64.7 Å². The van der Waals surface area contributed by atoms with Crippen LogP contribution in [0.2, 0.25) is 5.02 Å². The first kappa shape index (κ1) is 19.8. The summed E-state index contributed by atoms with van der Waals surface area (Å²) in [7, 11) is 0. The summed E-state index contributed by atoms with van der Waals surface area (Å²) in [5.41, 5.74) is 1.67. The van der Waals surface area contributed by atoms with Crippen LogP contribution in [0.3, 0.4) is 0 Å². The predicted molar refractivity (Wildman–Crippen MR) is 101 cm³/mol. The number of carbonyl (C=O) groups excluding carboxylic acids is 1. The minimum absolute atomic E-state index is 0.0714. The number of hydrogen-bond donors (Lipinski definition) is 2. The number of aliphatic carboxylic acids is 1. The molecule has 0 aliphatic rings. The second-order valence-electron chi connectivity index (χ2n) is 5.93. The summed E-state index contributed by atoms with van der Waals surface area (Å²) in [6, 6.07) is 14.3. The van der Waals surface area contributed by atoms with E-state index in [9.17, 15) is 14.7 Å². The third-order valence-electron chi connectivity index (χ3n) is 3.87. The molecule has 5 nitrogen and oxygen atoms in total. The number of carbonyl (C=O) groups is 2. The minimum atomic E-state index is -0.943. The minimum Gasteiger partial charge on any atom is -0.494 e. The number of benzene rings is 2. The fourth-order valence-electron chi connectivity index (χ4n) is 2.55. The van der Waals surface area contributed by atoms with E-state index >= 15 is 0 Å². The van der Waals surface area contributed by atoms with Gasteiger partial charge < -0.3 is 15.2 Å². The summed E-state index contributed by atoms with van der Waals surface area (Å²) in [5, 5.41) is 12.7. The van der Waals surface area contributed by atoms with Crippen molar-refractivity contribution < 1.29 is 19.4 Å². The summed E-state index contributed by atoms with van der Waals surface area (Å²) < 4.78 is 5.37. The van der Waals surface area contributed by atoms with Crippen LogP contribution in [0.25, 0.3) is 0 Å². The van der Waals surface area contributed by atoms with Crippen molar-refractivity contribution in [1.29, 1.82) is 0 Å². The van der Waals surface area contributed by atoms with Gasteiger partial charge in [-0.3, -0.25) is 9.59 Å². The fraction of sp³-hybridized carbons (Fsp3) is 0.300. The predicted octanol–water partition coefficient (Wildman–Crippen LogP) is 3.34. The number of carboxylic acids is 1. The summed E-state index contributed by atoms with van der Waals surface area (Å²) >= 11 is 5.90.